The van der Waals surface area contributed by atoms with Gasteiger partial charge in [-0.05, 0) is 26.7 Å². The molecule has 2 rings (SSSR count). The van der Waals surface area contributed by atoms with Crippen molar-refractivity contribution < 1.29 is 8.42 Å². The van der Waals surface area contributed by atoms with Gasteiger partial charge in [0.15, 0.2) is 0 Å². The molecule has 0 bridgehead atoms. The topological polar surface area (TPSA) is 75.2 Å². The lowest BCUT2D eigenvalue weighted by Gasteiger charge is -2.25. The van der Waals surface area contributed by atoms with E-state index in [1.807, 2.05) is 0 Å². The molecule has 6 nitrogen and oxygen atoms in total. The van der Waals surface area contributed by atoms with Crippen molar-refractivity contribution in [3.63, 3.8) is 0 Å². The zero-order valence-electron chi connectivity index (χ0n) is 11.5. The van der Waals surface area contributed by atoms with Crippen LogP contribution in [0.3, 0.4) is 0 Å². The number of sulfonamides is 1. The number of rotatable bonds is 4. The van der Waals surface area contributed by atoms with Gasteiger partial charge >= 0.3 is 0 Å². The summed E-state index contributed by atoms with van der Waals surface area (Å²) in [4.78, 5) is 8.53. The van der Waals surface area contributed by atoms with Gasteiger partial charge < -0.3 is 5.32 Å². The molecule has 7 heteroatoms. The molecule has 1 aliphatic rings. The summed E-state index contributed by atoms with van der Waals surface area (Å²) in [6.07, 6.45) is 4.94. The zero-order chi connectivity index (χ0) is 14.0. The highest BCUT2D eigenvalue weighted by Crippen LogP contribution is 2.34. The van der Waals surface area contributed by atoms with Crippen molar-refractivity contribution in [3.05, 3.63) is 18.1 Å². The molecule has 1 fully saturated rings. The summed E-state index contributed by atoms with van der Waals surface area (Å²) >= 11 is 0. The number of nitrogens with zero attached hydrogens (tertiary/aromatic N) is 3. The summed E-state index contributed by atoms with van der Waals surface area (Å²) in [5, 5.41) is 2.52. The van der Waals surface area contributed by atoms with Crippen molar-refractivity contribution in [1.29, 1.82) is 0 Å². The molecular weight excluding hydrogens is 264 g/mol. The van der Waals surface area contributed by atoms with Crippen LogP contribution < -0.4 is 5.32 Å². The molecule has 0 spiro atoms. The van der Waals surface area contributed by atoms with Gasteiger partial charge in [0.05, 0.1) is 29.4 Å². The predicted octanol–water partition coefficient (Wildman–Crippen LogP) is 1.39. The first-order chi connectivity index (χ1) is 8.96. The molecule has 0 saturated carbocycles. The molecule has 1 atom stereocenters. The Bertz CT molecular complexity index is 544. The fraction of sp³-hybridized carbons (Fsp3) is 0.667. The Morgan fingerprint density at radius 2 is 2.16 bits per heavy atom. The molecule has 0 radical (unpaired) electrons. The number of hydrogen-bond acceptors (Lipinski definition) is 5. The van der Waals surface area contributed by atoms with Crippen molar-refractivity contribution >= 4 is 15.8 Å². The normalized spacial score (nSPS) is 20.9. The van der Waals surface area contributed by atoms with Crippen molar-refractivity contribution in [2.24, 2.45) is 0 Å². The lowest BCUT2D eigenvalue weighted by Crippen LogP contribution is -2.36. The average Bonchev–Trinajstić information content (AvgIpc) is 2.88. The van der Waals surface area contributed by atoms with Gasteiger partial charge in [0.25, 0.3) is 0 Å². The molecule has 0 unspecified atom stereocenters. The molecule has 1 aromatic heterocycles. The lowest BCUT2D eigenvalue weighted by molar-refractivity contribution is 0.385. The van der Waals surface area contributed by atoms with E-state index in [0.717, 1.165) is 12.8 Å². The van der Waals surface area contributed by atoms with Crippen LogP contribution >= 0.6 is 0 Å². The van der Waals surface area contributed by atoms with E-state index in [-0.39, 0.29) is 6.04 Å². The molecule has 0 aliphatic carbocycles. The van der Waals surface area contributed by atoms with Gasteiger partial charge in [-0.15, -0.1) is 0 Å². The van der Waals surface area contributed by atoms with E-state index in [1.54, 1.807) is 37.6 Å². The smallest absolute Gasteiger partial charge is 0.217 e. The molecule has 2 heterocycles. The number of anilines is 1. The molecule has 106 valence electrons. The minimum atomic E-state index is -3.25. The van der Waals surface area contributed by atoms with E-state index in [2.05, 4.69) is 15.3 Å². The molecule has 1 aromatic rings. The Morgan fingerprint density at radius 3 is 2.79 bits per heavy atom. The van der Waals surface area contributed by atoms with Crippen LogP contribution in [0, 0.1) is 0 Å². The molecule has 1 aliphatic heterocycles. The van der Waals surface area contributed by atoms with E-state index in [1.165, 1.54) is 0 Å². The molecule has 19 heavy (non-hydrogen) atoms. The van der Waals surface area contributed by atoms with Crippen LogP contribution in [0.25, 0.3) is 0 Å². The second kappa shape index (κ2) is 5.42. The average molecular weight is 284 g/mol. The Hall–Kier alpha value is -1.21. The van der Waals surface area contributed by atoms with Crippen molar-refractivity contribution in [2.45, 2.75) is 38.0 Å². The Kier molecular flexibility index (Phi) is 4.05. The second-order valence-corrected chi connectivity index (χ2v) is 7.38. The maximum absolute atomic E-state index is 12.3. The summed E-state index contributed by atoms with van der Waals surface area (Å²) in [7, 11) is -1.48. The second-order valence-electron chi connectivity index (χ2n) is 4.94. The Balaban J connectivity index is 2.33. The van der Waals surface area contributed by atoms with Crippen LogP contribution in [0.5, 0.6) is 0 Å². The highest BCUT2D eigenvalue weighted by molar-refractivity contribution is 7.89. The lowest BCUT2D eigenvalue weighted by atomic mass is 10.2. The van der Waals surface area contributed by atoms with Crippen LogP contribution in [0.2, 0.25) is 0 Å². The summed E-state index contributed by atoms with van der Waals surface area (Å²) in [6.45, 7) is 3.98. The van der Waals surface area contributed by atoms with Gasteiger partial charge in [-0.2, -0.15) is 4.31 Å². The molecule has 0 aromatic carbocycles. The van der Waals surface area contributed by atoms with E-state index in [0.29, 0.717) is 18.1 Å². The fourth-order valence-electron chi connectivity index (χ4n) is 2.27. The van der Waals surface area contributed by atoms with Gasteiger partial charge in [-0.3, -0.25) is 4.98 Å². The summed E-state index contributed by atoms with van der Waals surface area (Å²) in [5.74, 6) is 0.659. The first-order valence-electron chi connectivity index (χ1n) is 6.47. The minimum Gasteiger partial charge on any atom is -0.372 e. The number of aromatic nitrogens is 2. The van der Waals surface area contributed by atoms with Crippen LogP contribution in [-0.4, -0.2) is 41.5 Å². The van der Waals surface area contributed by atoms with Crippen LogP contribution in [-0.2, 0) is 10.0 Å². The third-order valence-electron chi connectivity index (χ3n) is 3.38. The summed E-state index contributed by atoms with van der Waals surface area (Å²) in [6, 6.07) is -0.187. The first kappa shape index (κ1) is 14.2. The molecule has 1 N–H and O–H groups in total. The highest BCUT2D eigenvalue weighted by atomic mass is 32.2. The van der Waals surface area contributed by atoms with Crippen LogP contribution in [0.15, 0.2) is 12.4 Å². The third-order valence-corrected chi connectivity index (χ3v) is 5.66. The van der Waals surface area contributed by atoms with E-state index >= 15 is 0 Å². The minimum absolute atomic E-state index is 0.187. The van der Waals surface area contributed by atoms with Crippen molar-refractivity contribution in [1.82, 2.24) is 14.3 Å². The highest BCUT2D eigenvalue weighted by Gasteiger charge is 2.37. The van der Waals surface area contributed by atoms with Crippen molar-refractivity contribution in [3.8, 4) is 0 Å². The predicted molar refractivity (Wildman–Crippen MR) is 74.3 cm³/mol. The zero-order valence-corrected chi connectivity index (χ0v) is 12.3. The quantitative estimate of drug-likeness (QED) is 0.904. The van der Waals surface area contributed by atoms with Crippen molar-refractivity contribution in [2.75, 3.05) is 18.9 Å². The monoisotopic (exact) mass is 284 g/mol. The van der Waals surface area contributed by atoms with E-state index in [9.17, 15) is 8.42 Å². The Labute approximate surface area is 114 Å². The largest absolute Gasteiger partial charge is 0.372 e. The summed E-state index contributed by atoms with van der Waals surface area (Å²) < 4.78 is 26.2. The van der Waals surface area contributed by atoms with E-state index in [4.69, 9.17) is 0 Å². The van der Waals surface area contributed by atoms with Gasteiger partial charge in [-0.1, -0.05) is 0 Å². The number of nitrogens with one attached hydrogen (secondary N) is 1. The third kappa shape index (κ3) is 2.71. The van der Waals surface area contributed by atoms with Crippen LogP contribution in [0.1, 0.15) is 38.4 Å². The maximum atomic E-state index is 12.3. The Morgan fingerprint density at radius 1 is 1.42 bits per heavy atom. The SMILES string of the molecule is CNc1cncc([C@@H]2CCCN2S(=O)(=O)C(C)C)n1. The molecule has 0 amide bonds. The summed E-state index contributed by atoms with van der Waals surface area (Å²) in [5.41, 5.74) is 0.716. The van der Waals surface area contributed by atoms with Gasteiger partial charge in [0.2, 0.25) is 10.0 Å². The fourth-order valence-corrected chi connectivity index (χ4v) is 3.77. The van der Waals surface area contributed by atoms with Gasteiger partial charge in [0, 0.05) is 13.6 Å². The van der Waals surface area contributed by atoms with E-state index < -0.39 is 15.3 Å². The van der Waals surface area contributed by atoms with Gasteiger partial charge in [-0.25, -0.2) is 13.4 Å². The molecule has 1 saturated heterocycles. The van der Waals surface area contributed by atoms with Gasteiger partial charge in [0.1, 0.15) is 5.82 Å². The molecular formula is C12H20N4O2S. The number of hydrogen-bond donors (Lipinski definition) is 1. The maximum Gasteiger partial charge on any atom is 0.217 e. The standard InChI is InChI=1S/C12H20N4O2S/c1-9(2)19(17,18)16-6-4-5-11(16)10-7-14-8-12(13-3)15-10/h7-9,11H,4-6H2,1-3H3,(H,13,15)/t11-/m0/s1. The van der Waals surface area contributed by atoms with Crippen LogP contribution in [0.4, 0.5) is 5.82 Å². The first-order valence-corrected chi connectivity index (χ1v) is 7.97.